The van der Waals surface area contributed by atoms with Gasteiger partial charge in [-0.2, -0.15) is 5.26 Å². The van der Waals surface area contributed by atoms with Gasteiger partial charge in [-0.15, -0.1) is 11.8 Å². The lowest BCUT2D eigenvalue weighted by Crippen LogP contribution is -2.52. The van der Waals surface area contributed by atoms with Crippen LogP contribution in [0.3, 0.4) is 0 Å². The summed E-state index contributed by atoms with van der Waals surface area (Å²) in [7, 11) is 0. The predicted octanol–water partition coefficient (Wildman–Crippen LogP) is 2.50. The molecule has 1 N–H and O–H groups in total. The Kier molecular flexibility index (Phi) is 3.96. The van der Waals surface area contributed by atoms with Crippen molar-refractivity contribution in [1.82, 2.24) is 10.2 Å². The van der Waals surface area contributed by atoms with Crippen LogP contribution in [0.2, 0.25) is 0 Å². The number of rotatable bonds is 1. The molecule has 0 radical (unpaired) electrons. The molecule has 0 aromatic carbocycles. The highest BCUT2D eigenvalue weighted by atomic mass is 32.2. The molecule has 0 unspecified atom stereocenters. The van der Waals surface area contributed by atoms with Crippen LogP contribution in [0.4, 0.5) is 0 Å². The Balaban J connectivity index is 1.62. The van der Waals surface area contributed by atoms with Crippen molar-refractivity contribution in [3.05, 3.63) is 0 Å². The summed E-state index contributed by atoms with van der Waals surface area (Å²) >= 11 is 1.93. The fourth-order valence-electron chi connectivity index (χ4n) is 3.76. The average molecular weight is 307 g/mol. The van der Waals surface area contributed by atoms with Crippen molar-refractivity contribution in [2.45, 2.75) is 69.3 Å². The first-order valence-electron chi connectivity index (χ1n) is 8.07. The minimum absolute atomic E-state index is 0.0924. The molecule has 0 bridgehead atoms. The van der Waals surface area contributed by atoms with Crippen LogP contribution in [0.25, 0.3) is 0 Å². The second kappa shape index (κ2) is 5.48. The summed E-state index contributed by atoms with van der Waals surface area (Å²) in [6, 6.07) is 1.98. The van der Waals surface area contributed by atoms with Gasteiger partial charge in [-0.1, -0.05) is 13.8 Å². The van der Waals surface area contributed by atoms with Crippen LogP contribution in [-0.4, -0.2) is 40.1 Å². The van der Waals surface area contributed by atoms with Gasteiger partial charge in [0, 0.05) is 12.3 Å². The number of thioether (sulfide) groups is 1. The summed E-state index contributed by atoms with van der Waals surface area (Å²) in [5, 5.41) is 12.8. The molecule has 4 nitrogen and oxygen atoms in total. The predicted molar refractivity (Wildman–Crippen MR) is 84.7 cm³/mol. The average Bonchev–Trinajstić information content (AvgIpc) is 3.09. The summed E-state index contributed by atoms with van der Waals surface area (Å²) in [5.74, 6) is 1.00. The smallest absolute Gasteiger partial charge is 0.241 e. The molecule has 2 aliphatic heterocycles. The van der Waals surface area contributed by atoms with E-state index in [0.717, 1.165) is 38.0 Å². The van der Waals surface area contributed by atoms with Gasteiger partial charge in [0.1, 0.15) is 6.04 Å². The van der Waals surface area contributed by atoms with Crippen molar-refractivity contribution in [1.29, 1.82) is 5.26 Å². The van der Waals surface area contributed by atoms with Gasteiger partial charge in [-0.25, -0.2) is 0 Å². The lowest BCUT2D eigenvalue weighted by molar-refractivity contribution is -0.133. The molecule has 5 heteroatoms. The first kappa shape index (κ1) is 15.2. The first-order chi connectivity index (χ1) is 9.95. The number of amides is 1. The zero-order chi connectivity index (χ0) is 15.1. The maximum Gasteiger partial charge on any atom is 0.241 e. The summed E-state index contributed by atoms with van der Waals surface area (Å²) in [6.45, 7) is 5.42. The lowest BCUT2D eigenvalue weighted by Gasteiger charge is -2.41. The highest BCUT2D eigenvalue weighted by Gasteiger charge is 2.47. The van der Waals surface area contributed by atoms with E-state index in [1.807, 2.05) is 11.8 Å². The van der Waals surface area contributed by atoms with E-state index in [4.69, 9.17) is 5.26 Å². The third kappa shape index (κ3) is 2.93. The number of likely N-dealkylation sites (tertiary alicyclic amines) is 1. The molecule has 116 valence electrons. The molecule has 1 aliphatic carbocycles. The molecule has 2 saturated heterocycles. The summed E-state index contributed by atoms with van der Waals surface area (Å²) in [4.78, 5) is 14.6. The standard InChI is InChI=1S/C16H25N3OS/c1-15(2)5-7-16(8-6-15)18-13(11-21-16)14(20)19-9-3-4-12(19)10-17/h12-13,18H,3-9,11H2,1-2H3/t12-,13-/m0/s1. The quantitative estimate of drug-likeness (QED) is 0.808. The fraction of sp³-hybridized carbons (Fsp3) is 0.875. The molecule has 1 spiro atoms. The highest BCUT2D eigenvalue weighted by Crippen LogP contribution is 2.48. The molecule has 0 aromatic heterocycles. The number of hydrogen-bond acceptors (Lipinski definition) is 4. The van der Waals surface area contributed by atoms with Crippen LogP contribution >= 0.6 is 11.8 Å². The second-order valence-electron chi connectivity index (χ2n) is 7.49. The SMILES string of the molecule is CC1(C)CCC2(CC1)N[C@H](C(=O)N1CCC[C@H]1C#N)CS2. The molecule has 3 fully saturated rings. The fourth-order valence-corrected chi connectivity index (χ4v) is 5.19. The second-order valence-corrected chi connectivity index (χ2v) is 8.89. The van der Waals surface area contributed by atoms with E-state index in [1.54, 1.807) is 4.90 Å². The minimum atomic E-state index is -0.203. The topological polar surface area (TPSA) is 56.1 Å². The monoisotopic (exact) mass is 307 g/mol. The van der Waals surface area contributed by atoms with Crippen LogP contribution in [0.1, 0.15) is 52.4 Å². The Labute approximate surface area is 131 Å². The van der Waals surface area contributed by atoms with Crippen molar-refractivity contribution in [2.75, 3.05) is 12.3 Å². The van der Waals surface area contributed by atoms with Gasteiger partial charge in [0.25, 0.3) is 0 Å². The third-order valence-electron chi connectivity index (χ3n) is 5.36. The van der Waals surface area contributed by atoms with E-state index in [-0.39, 0.29) is 22.9 Å². The maximum atomic E-state index is 12.7. The molecule has 1 saturated carbocycles. The van der Waals surface area contributed by atoms with Gasteiger partial charge in [-0.05, 0) is 43.9 Å². The Hall–Kier alpha value is -0.730. The number of nitrogens with zero attached hydrogens (tertiary/aromatic N) is 2. The van der Waals surface area contributed by atoms with E-state index >= 15 is 0 Å². The van der Waals surface area contributed by atoms with Gasteiger partial charge < -0.3 is 4.90 Å². The molecular formula is C16H25N3OS. The molecule has 0 aromatic rings. The van der Waals surface area contributed by atoms with E-state index in [0.29, 0.717) is 5.41 Å². The minimum Gasteiger partial charge on any atom is -0.325 e. The zero-order valence-corrected chi connectivity index (χ0v) is 13.8. The highest BCUT2D eigenvalue weighted by molar-refractivity contribution is 8.01. The van der Waals surface area contributed by atoms with E-state index < -0.39 is 0 Å². The summed E-state index contributed by atoms with van der Waals surface area (Å²) < 4.78 is 0. The Morgan fingerprint density at radius 3 is 2.71 bits per heavy atom. The molecule has 2 heterocycles. The van der Waals surface area contributed by atoms with E-state index in [1.165, 1.54) is 12.8 Å². The normalized spacial score (nSPS) is 34.0. The molecule has 3 rings (SSSR count). The van der Waals surface area contributed by atoms with E-state index in [9.17, 15) is 4.79 Å². The number of carbonyl (C=O) groups is 1. The van der Waals surface area contributed by atoms with Gasteiger partial charge in [-0.3, -0.25) is 10.1 Å². The Bertz CT molecular complexity index is 461. The first-order valence-corrected chi connectivity index (χ1v) is 9.05. The summed E-state index contributed by atoms with van der Waals surface area (Å²) in [5.41, 5.74) is 0.441. The van der Waals surface area contributed by atoms with Gasteiger partial charge in [0.15, 0.2) is 0 Å². The van der Waals surface area contributed by atoms with Crippen LogP contribution in [0.15, 0.2) is 0 Å². The van der Waals surface area contributed by atoms with Crippen LogP contribution < -0.4 is 5.32 Å². The van der Waals surface area contributed by atoms with Crippen molar-refractivity contribution >= 4 is 17.7 Å². The molecular weight excluding hydrogens is 282 g/mol. The maximum absolute atomic E-state index is 12.7. The van der Waals surface area contributed by atoms with Crippen molar-refractivity contribution in [3.8, 4) is 6.07 Å². The molecule has 2 atom stereocenters. The number of hydrogen-bond donors (Lipinski definition) is 1. The Morgan fingerprint density at radius 1 is 1.33 bits per heavy atom. The third-order valence-corrected chi connectivity index (χ3v) is 6.94. The Morgan fingerprint density at radius 2 is 2.05 bits per heavy atom. The van der Waals surface area contributed by atoms with Crippen LogP contribution in [0.5, 0.6) is 0 Å². The van der Waals surface area contributed by atoms with Crippen LogP contribution in [0, 0.1) is 16.7 Å². The largest absolute Gasteiger partial charge is 0.325 e. The number of carbonyl (C=O) groups excluding carboxylic acids is 1. The van der Waals surface area contributed by atoms with E-state index in [2.05, 4.69) is 25.2 Å². The van der Waals surface area contributed by atoms with Gasteiger partial charge >= 0.3 is 0 Å². The van der Waals surface area contributed by atoms with Crippen LogP contribution in [-0.2, 0) is 4.79 Å². The number of nitrogens with one attached hydrogen (secondary N) is 1. The van der Waals surface area contributed by atoms with Crippen molar-refractivity contribution in [2.24, 2.45) is 5.41 Å². The lowest BCUT2D eigenvalue weighted by atomic mass is 9.75. The number of nitriles is 1. The van der Waals surface area contributed by atoms with Gasteiger partial charge in [0.2, 0.25) is 5.91 Å². The molecule has 21 heavy (non-hydrogen) atoms. The molecule has 1 amide bonds. The van der Waals surface area contributed by atoms with Crippen molar-refractivity contribution in [3.63, 3.8) is 0 Å². The zero-order valence-electron chi connectivity index (χ0n) is 13.0. The summed E-state index contributed by atoms with van der Waals surface area (Å²) in [6.07, 6.45) is 6.54. The molecule has 3 aliphatic rings. The van der Waals surface area contributed by atoms with Crippen molar-refractivity contribution < 1.29 is 4.79 Å². The van der Waals surface area contributed by atoms with Gasteiger partial charge in [0.05, 0.1) is 17.0 Å².